The Hall–Kier alpha value is -10.4. The fourth-order valence-electron chi connectivity index (χ4n) is 5.19. The van der Waals surface area contributed by atoms with Crippen LogP contribution in [-0.4, -0.2) is 79.3 Å². The molecule has 0 aromatic heterocycles. The van der Waals surface area contributed by atoms with Crippen molar-refractivity contribution in [2.45, 2.75) is 12.8 Å². The third kappa shape index (κ3) is 10.2. The van der Waals surface area contributed by atoms with E-state index < -0.39 is 176 Å². The average molecular weight is 897 g/mol. The molecule has 3 aromatic carbocycles. The van der Waals surface area contributed by atoms with Gasteiger partial charge in [-0.25, -0.2) is 20.2 Å². The predicted molar refractivity (Wildman–Crippen MR) is 194 cm³/mol. The van der Waals surface area contributed by atoms with Crippen molar-refractivity contribution in [3.63, 3.8) is 0 Å². The van der Waals surface area contributed by atoms with Gasteiger partial charge in [-0.1, -0.05) is 10.0 Å². The maximum absolute atomic E-state index is 12.9. The Labute approximate surface area is 338 Å². The maximum atomic E-state index is 12.9. The number of carbonyl (C=O) groups excluding carboxylic acids is 2. The summed E-state index contributed by atoms with van der Waals surface area (Å²) in [7, 11) is 0. The number of hydrogen-bond donors (Lipinski definition) is 2. The lowest BCUT2D eigenvalue weighted by atomic mass is 10.1. The SMILES string of the molecule is O=C(CCN(c1c([N+](=O)[O-])cc([N+](=O)[O-])c(N(CCC(=O)Nc2c([N+](=O)[O-])cc([N+](=O)[O-])cc2[N+](=O)[O-])[N+](=O)[O-])c1[N+](=O)[O-])[N+](=O)[O-])Nc1c([N+](=O)[O-])cc([N+](=O)[O-])cc1[N+](=O)[O-]. The van der Waals surface area contributed by atoms with E-state index in [0.29, 0.717) is 0 Å². The number of non-ortho nitro benzene ring substituents is 2. The van der Waals surface area contributed by atoms with Gasteiger partial charge in [0.05, 0.1) is 101 Å². The summed E-state index contributed by atoms with van der Waals surface area (Å²) in [4.78, 5) is 142. The van der Waals surface area contributed by atoms with Crippen LogP contribution in [0.2, 0.25) is 0 Å². The summed E-state index contributed by atoms with van der Waals surface area (Å²) in [6.45, 7) is -3.31. The molecule has 3 rings (SSSR count). The topological polar surface area (TPSA) is 539 Å². The molecule has 0 aliphatic carbocycles. The van der Waals surface area contributed by atoms with Gasteiger partial charge in [0.2, 0.25) is 11.8 Å². The monoisotopic (exact) mass is 897 g/mol. The Kier molecular flexibility index (Phi) is 13.8. The zero-order chi connectivity index (χ0) is 47.9. The van der Waals surface area contributed by atoms with Crippen LogP contribution >= 0.6 is 0 Å². The van der Waals surface area contributed by atoms with Gasteiger partial charge in [0, 0.05) is 0 Å². The van der Waals surface area contributed by atoms with Crippen LogP contribution in [0.5, 0.6) is 0 Å². The minimum atomic E-state index is -2.21. The molecular formula is C24H15N15O24. The van der Waals surface area contributed by atoms with Crippen LogP contribution in [0.3, 0.4) is 0 Å². The highest BCUT2D eigenvalue weighted by atomic mass is 16.7. The lowest BCUT2D eigenvalue weighted by Crippen LogP contribution is -2.37. The molecule has 3 aromatic rings. The lowest BCUT2D eigenvalue weighted by Gasteiger charge is -2.18. The van der Waals surface area contributed by atoms with Crippen LogP contribution in [0.4, 0.5) is 73.9 Å². The quantitative estimate of drug-likeness (QED) is 0.115. The first-order valence-electron chi connectivity index (χ1n) is 15.5. The number of hydrazine groups is 2. The fraction of sp³-hybridized carbons (Fsp3) is 0.167. The molecule has 63 heavy (non-hydrogen) atoms. The minimum absolute atomic E-state index is 0.158. The van der Waals surface area contributed by atoms with Crippen LogP contribution in [-0.2, 0) is 9.59 Å². The van der Waals surface area contributed by atoms with Crippen LogP contribution in [0.1, 0.15) is 12.8 Å². The molecule has 0 saturated heterocycles. The van der Waals surface area contributed by atoms with E-state index in [2.05, 4.69) is 0 Å². The highest BCUT2D eigenvalue weighted by Gasteiger charge is 2.48. The molecule has 0 aliphatic heterocycles. The molecule has 0 unspecified atom stereocenters. The summed E-state index contributed by atoms with van der Waals surface area (Å²) < 4.78 is 0. The number of hydrogen-bond acceptors (Lipinski definition) is 24. The largest absolute Gasteiger partial charge is 0.342 e. The predicted octanol–water partition coefficient (Wildman–Crippen LogP) is 2.91. The molecular weight excluding hydrogens is 882 g/mol. The second-order valence-electron chi connectivity index (χ2n) is 11.3. The number of benzene rings is 3. The third-order valence-electron chi connectivity index (χ3n) is 7.70. The van der Waals surface area contributed by atoms with Gasteiger partial charge in [0.15, 0.2) is 21.4 Å². The van der Waals surface area contributed by atoms with Crippen molar-refractivity contribution in [2.75, 3.05) is 33.7 Å². The molecule has 2 amide bonds. The molecule has 2 N–H and O–H groups in total. The molecule has 0 atom stereocenters. The number of carbonyl (C=O) groups is 2. The van der Waals surface area contributed by atoms with Gasteiger partial charge in [0.1, 0.15) is 0 Å². The molecule has 0 bridgehead atoms. The smallest absolute Gasteiger partial charge is 0.315 e. The highest BCUT2D eigenvalue weighted by Crippen LogP contribution is 2.50. The van der Waals surface area contributed by atoms with Crippen LogP contribution < -0.4 is 20.7 Å². The second-order valence-corrected chi connectivity index (χ2v) is 11.3. The van der Waals surface area contributed by atoms with E-state index in [4.69, 9.17) is 0 Å². The maximum Gasteiger partial charge on any atom is 0.342 e. The van der Waals surface area contributed by atoms with Crippen LogP contribution in [0.15, 0.2) is 30.3 Å². The zero-order valence-corrected chi connectivity index (χ0v) is 29.8. The Morgan fingerprint density at radius 3 is 0.873 bits per heavy atom. The Balaban J connectivity index is 2.19. The van der Waals surface area contributed by atoms with Crippen LogP contribution in [0, 0.1) is 111 Å². The first-order chi connectivity index (χ1) is 29.2. The third-order valence-corrected chi connectivity index (χ3v) is 7.70. The van der Waals surface area contributed by atoms with Gasteiger partial charge in [-0.05, 0) is 0 Å². The second kappa shape index (κ2) is 18.5. The number of nitro benzene ring substituents is 9. The van der Waals surface area contributed by atoms with E-state index in [1.807, 2.05) is 0 Å². The average Bonchev–Trinajstić information content (AvgIpc) is 3.16. The summed E-state index contributed by atoms with van der Waals surface area (Å²) in [6.07, 6.45) is -2.99. The summed E-state index contributed by atoms with van der Waals surface area (Å²) in [5.41, 5.74) is -21.0. The summed E-state index contributed by atoms with van der Waals surface area (Å²) in [5.74, 6) is -3.42. The van der Waals surface area contributed by atoms with Crippen molar-refractivity contribution in [2.24, 2.45) is 0 Å². The van der Waals surface area contributed by atoms with E-state index in [1.54, 1.807) is 10.6 Å². The zero-order valence-electron chi connectivity index (χ0n) is 29.8. The molecule has 0 spiro atoms. The van der Waals surface area contributed by atoms with Crippen molar-refractivity contribution in [1.82, 2.24) is 0 Å². The van der Waals surface area contributed by atoms with E-state index in [-0.39, 0.29) is 30.3 Å². The van der Waals surface area contributed by atoms with E-state index in [1.165, 1.54) is 0 Å². The van der Waals surface area contributed by atoms with Crippen molar-refractivity contribution in [3.05, 3.63) is 142 Å². The standard InChI is InChI=1S/C24H15N15O24/c40-18(25-20-12(31(46)47)5-10(29(42)43)6-13(20)32(48)49)1-3-27(38(60)61)22-16(35(54)55)9-17(36(56)57)23(24(22)37(58)59)28(39(62)63)4-2-19(41)26-21-14(33(50)51)7-11(30(44)45)8-15(21)34(52)53/h5-9H,1-4H2,(H,25,40)(H,26,41). The van der Waals surface area contributed by atoms with Gasteiger partial charge in [-0.15, -0.1) is 0 Å². The number of anilines is 4. The molecule has 0 fully saturated rings. The first kappa shape index (κ1) is 47.0. The van der Waals surface area contributed by atoms with E-state index in [9.17, 15) is 121 Å². The molecule has 39 nitrogen and oxygen atoms in total. The van der Waals surface area contributed by atoms with Gasteiger partial charge in [-0.2, -0.15) is 0 Å². The summed E-state index contributed by atoms with van der Waals surface area (Å²) in [6, 6.07) is 0.366. The van der Waals surface area contributed by atoms with Crippen molar-refractivity contribution < 1.29 is 64.0 Å². The summed E-state index contributed by atoms with van der Waals surface area (Å²) >= 11 is 0. The summed E-state index contributed by atoms with van der Waals surface area (Å²) in [5, 5.41) is 128. The molecule has 0 heterocycles. The van der Waals surface area contributed by atoms with Gasteiger partial charge in [0.25, 0.3) is 22.7 Å². The Morgan fingerprint density at radius 1 is 0.397 bits per heavy atom. The molecule has 0 saturated carbocycles. The van der Waals surface area contributed by atoms with Crippen molar-refractivity contribution in [3.8, 4) is 0 Å². The van der Waals surface area contributed by atoms with Gasteiger partial charge in [-0.3, -0.25) is 101 Å². The Bertz CT molecular complexity index is 2380. The molecule has 39 heteroatoms. The molecule has 330 valence electrons. The minimum Gasteiger partial charge on any atom is -0.315 e. The van der Waals surface area contributed by atoms with E-state index in [0.717, 1.165) is 0 Å². The molecule has 0 radical (unpaired) electrons. The van der Waals surface area contributed by atoms with Gasteiger partial charge >= 0.3 is 39.8 Å². The fourth-order valence-corrected chi connectivity index (χ4v) is 5.19. The van der Waals surface area contributed by atoms with Crippen LogP contribution in [0.25, 0.3) is 0 Å². The highest BCUT2D eigenvalue weighted by molar-refractivity contribution is 5.98. The lowest BCUT2D eigenvalue weighted by molar-refractivity contribution is -0.500. The number of nitrogens with one attached hydrogen (secondary N) is 2. The first-order valence-corrected chi connectivity index (χ1v) is 15.5. The normalized spacial score (nSPS) is 10.4. The number of nitrogens with zero attached hydrogens (tertiary/aromatic N) is 13. The number of nitro groups is 11. The number of amides is 2. The van der Waals surface area contributed by atoms with Crippen molar-refractivity contribution in [1.29, 1.82) is 0 Å². The van der Waals surface area contributed by atoms with Gasteiger partial charge < -0.3 is 10.6 Å². The van der Waals surface area contributed by atoms with Crippen molar-refractivity contribution >= 4 is 85.8 Å². The molecule has 0 aliphatic rings. The number of rotatable bonds is 21. The Morgan fingerprint density at radius 2 is 0.667 bits per heavy atom. The van der Waals surface area contributed by atoms with E-state index >= 15 is 0 Å².